The van der Waals surface area contributed by atoms with Gasteiger partial charge in [-0.25, -0.2) is 0 Å². The summed E-state index contributed by atoms with van der Waals surface area (Å²) in [6, 6.07) is 16.6. The second kappa shape index (κ2) is 9.27. The molecule has 0 bridgehead atoms. The van der Waals surface area contributed by atoms with Gasteiger partial charge in [-0.15, -0.1) is 0 Å². The summed E-state index contributed by atoms with van der Waals surface area (Å²) in [6.45, 7) is 10.8. The van der Waals surface area contributed by atoms with Gasteiger partial charge in [0.1, 0.15) is 5.69 Å². The van der Waals surface area contributed by atoms with Crippen molar-refractivity contribution in [1.82, 2.24) is 30.1 Å². The molecule has 0 radical (unpaired) electrons. The second-order valence-electron chi connectivity index (χ2n) is 10.8. The predicted octanol–water partition coefficient (Wildman–Crippen LogP) is 7.59. The fourth-order valence-corrected chi connectivity index (χ4v) is 4.88. The number of hydrogen-bond donors (Lipinski definition) is 3. The van der Waals surface area contributed by atoms with E-state index in [1.165, 1.54) is 0 Å². The molecule has 38 heavy (non-hydrogen) atoms. The number of rotatable bonds is 6. The summed E-state index contributed by atoms with van der Waals surface area (Å²) in [5, 5.41) is 13.3. The molecule has 0 spiro atoms. The maximum Gasteiger partial charge on any atom is 0.116 e. The molecule has 3 N–H and O–H groups in total. The first-order valence-corrected chi connectivity index (χ1v) is 12.6. The fourth-order valence-electron chi connectivity index (χ4n) is 4.88. The molecule has 7 heteroatoms. The molecule has 7 nitrogen and oxygen atoms in total. The van der Waals surface area contributed by atoms with Gasteiger partial charge in [-0.2, -0.15) is 5.10 Å². The SMILES string of the molecule is C=C(CC(C)(C)C)Nc1cncc(-c2cc3c(-c4cc5c(-c6ccncc6)cccc5[nH]4)n[nH]c3cn2)c1. The van der Waals surface area contributed by atoms with Crippen LogP contribution in [-0.4, -0.2) is 30.1 Å². The quantitative estimate of drug-likeness (QED) is 0.219. The van der Waals surface area contributed by atoms with Crippen LogP contribution in [0.3, 0.4) is 0 Å². The lowest BCUT2D eigenvalue weighted by Gasteiger charge is -2.20. The van der Waals surface area contributed by atoms with Crippen molar-refractivity contribution in [2.45, 2.75) is 27.2 Å². The Labute approximate surface area is 221 Å². The number of nitrogens with zero attached hydrogens (tertiary/aromatic N) is 4. The number of hydrogen-bond acceptors (Lipinski definition) is 5. The highest BCUT2D eigenvalue weighted by Gasteiger charge is 2.16. The molecule has 0 fully saturated rings. The van der Waals surface area contributed by atoms with Crippen LogP contribution in [0.4, 0.5) is 5.69 Å². The smallest absolute Gasteiger partial charge is 0.116 e. The maximum absolute atomic E-state index is 4.68. The first-order valence-electron chi connectivity index (χ1n) is 12.6. The normalized spacial score (nSPS) is 11.8. The van der Waals surface area contributed by atoms with Crippen molar-refractivity contribution in [3.63, 3.8) is 0 Å². The summed E-state index contributed by atoms with van der Waals surface area (Å²) in [6.07, 6.45) is 9.96. The zero-order valence-electron chi connectivity index (χ0n) is 21.7. The molecule has 0 aliphatic rings. The van der Waals surface area contributed by atoms with Crippen molar-refractivity contribution in [3.05, 3.63) is 91.8 Å². The Morgan fingerprint density at radius 1 is 0.895 bits per heavy atom. The highest BCUT2D eigenvalue weighted by Crippen LogP contribution is 2.35. The molecular weight excluding hydrogens is 470 g/mol. The minimum absolute atomic E-state index is 0.154. The largest absolute Gasteiger partial charge is 0.358 e. The number of benzene rings is 1. The van der Waals surface area contributed by atoms with Gasteiger partial charge in [-0.1, -0.05) is 39.5 Å². The molecule has 0 atom stereocenters. The Kier molecular flexibility index (Phi) is 5.76. The minimum Gasteiger partial charge on any atom is -0.358 e. The molecule has 0 unspecified atom stereocenters. The third-order valence-corrected chi connectivity index (χ3v) is 6.46. The third kappa shape index (κ3) is 4.66. The van der Waals surface area contributed by atoms with Crippen LogP contribution in [0, 0.1) is 5.41 Å². The fraction of sp³-hybridized carbons (Fsp3) is 0.161. The lowest BCUT2D eigenvalue weighted by molar-refractivity contribution is 0.411. The van der Waals surface area contributed by atoms with Crippen LogP contribution in [0.2, 0.25) is 0 Å². The summed E-state index contributed by atoms with van der Waals surface area (Å²) in [7, 11) is 0. The maximum atomic E-state index is 4.68. The Morgan fingerprint density at radius 3 is 2.55 bits per heavy atom. The number of anilines is 1. The van der Waals surface area contributed by atoms with Gasteiger partial charge in [-0.3, -0.25) is 20.1 Å². The van der Waals surface area contributed by atoms with Crippen molar-refractivity contribution in [2.75, 3.05) is 5.32 Å². The van der Waals surface area contributed by atoms with E-state index in [1.807, 2.05) is 43.1 Å². The topological polar surface area (TPSA) is 95.2 Å². The molecule has 5 heterocycles. The average molecular weight is 500 g/mol. The number of aromatic amines is 2. The van der Waals surface area contributed by atoms with Crippen molar-refractivity contribution < 1.29 is 0 Å². The van der Waals surface area contributed by atoms with E-state index >= 15 is 0 Å². The number of aromatic nitrogens is 6. The standard InChI is InChI=1S/C31H29N7/c1-19(15-31(2,3)4)35-22-12-21(16-33-17-22)27-14-25-29(18-34-27)37-38-30(25)28-13-24-23(6-5-7-26(24)36-28)20-8-10-32-11-9-20/h5-14,16-18,35-36H,1,15H2,2-4H3,(H,37,38). The lowest BCUT2D eigenvalue weighted by atomic mass is 9.91. The highest BCUT2D eigenvalue weighted by molar-refractivity contribution is 6.01. The minimum atomic E-state index is 0.154. The Bertz CT molecular complexity index is 1770. The van der Waals surface area contributed by atoms with Crippen LogP contribution in [0.1, 0.15) is 27.2 Å². The van der Waals surface area contributed by atoms with Gasteiger partial charge in [0.2, 0.25) is 0 Å². The van der Waals surface area contributed by atoms with Gasteiger partial charge in [0.05, 0.1) is 35.0 Å². The molecule has 6 rings (SSSR count). The summed E-state index contributed by atoms with van der Waals surface area (Å²) in [5.41, 5.74) is 9.75. The molecule has 0 amide bonds. The number of fused-ring (bicyclic) bond motifs is 2. The van der Waals surface area contributed by atoms with Gasteiger partial charge >= 0.3 is 0 Å². The van der Waals surface area contributed by atoms with Gasteiger partial charge in [0, 0.05) is 46.1 Å². The molecular formula is C31H29N7. The second-order valence-corrected chi connectivity index (χ2v) is 10.8. The molecule has 1 aromatic carbocycles. The first kappa shape index (κ1) is 23.6. The van der Waals surface area contributed by atoms with Crippen LogP contribution in [-0.2, 0) is 0 Å². The van der Waals surface area contributed by atoms with E-state index in [-0.39, 0.29) is 5.41 Å². The van der Waals surface area contributed by atoms with E-state index in [9.17, 15) is 0 Å². The van der Waals surface area contributed by atoms with E-state index in [0.717, 1.165) is 73.4 Å². The van der Waals surface area contributed by atoms with Crippen molar-refractivity contribution in [3.8, 4) is 33.8 Å². The Morgan fingerprint density at radius 2 is 1.74 bits per heavy atom. The van der Waals surface area contributed by atoms with Gasteiger partial charge in [0.15, 0.2) is 0 Å². The number of allylic oxidation sites excluding steroid dienone is 1. The number of pyridine rings is 3. The molecule has 0 saturated carbocycles. The Balaban J connectivity index is 1.36. The zero-order chi connectivity index (χ0) is 26.3. The third-order valence-electron chi connectivity index (χ3n) is 6.46. The van der Waals surface area contributed by atoms with E-state index in [0.29, 0.717) is 0 Å². The van der Waals surface area contributed by atoms with E-state index in [4.69, 9.17) is 0 Å². The van der Waals surface area contributed by atoms with Crippen molar-refractivity contribution in [2.24, 2.45) is 5.41 Å². The van der Waals surface area contributed by atoms with Gasteiger partial charge in [0.25, 0.3) is 0 Å². The lowest BCUT2D eigenvalue weighted by Crippen LogP contribution is -2.10. The monoisotopic (exact) mass is 499 g/mol. The average Bonchev–Trinajstić information content (AvgIpc) is 3.51. The molecule has 6 aromatic rings. The molecule has 5 aromatic heterocycles. The number of nitrogens with one attached hydrogen (secondary N) is 3. The summed E-state index contributed by atoms with van der Waals surface area (Å²) < 4.78 is 0. The number of H-pyrrole nitrogens is 2. The van der Waals surface area contributed by atoms with Crippen LogP contribution < -0.4 is 5.32 Å². The van der Waals surface area contributed by atoms with Crippen molar-refractivity contribution in [1.29, 1.82) is 0 Å². The molecule has 0 saturated heterocycles. The molecule has 188 valence electrons. The van der Waals surface area contributed by atoms with Crippen LogP contribution >= 0.6 is 0 Å². The summed E-state index contributed by atoms with van der Waals surface area (Å²) in [5.74, 6) is 0. The van der Waals surface area contributed by atoms with E-state index in [1.54, 1.807) is 0 Å². The predicted molar refractivity (Wildman–Crippen MR) is 154 cm³/mol. The summed E-state index contributed by atoms with van der Waals surface area (Å²) >= 11 is 0. The van der Waals surface area contributed by atoms with E-state index in [2.05, 4.69) is 99.2 Å². The highest BCUT2D eigenvalue weighted by atomic mass is 15.1. The molecule has 0 aliphatic carbocycles. The zero-order valence-corrected chi connectivity index (χ0v) is 21.7. The van der Waals surface area contributed by atoms with E-state index < -0.39 is 0 Å². The first-order chi connectivity index (χ1) is 18.3. The molecule has 0 aliphatic heterocycles. The van der Waals surface area contributed by atoms with Crippen LogP contribution in [0.15, 0.2) is 91.8 Å². The van der Waals surface area contributed by atoms with Crippen LogP contribution in [0.5, 0.6) is 0 Å². The van der Waals surface area contributed by atoms with Crippen LogP contribution in [0.25, 0.3) is 55.6 Å². The van der Waals surface area contributed by atoms with Gasteiger partial charge in [-0.05, 0) is 59.4 Å². The Hall–Kier alpha value is -4.78. The van der Waals surface area contributed by atoms with Gasteiger partial charge < -0.3 is 10.3 Å². The summed E-state index contributed by atoms with van der Waals surface area (Å²) in [4.78, 5) is 16.8. The van der Waals surface area contributed by atoms with Crippen molar-refractivity contribution >= 4 is 27.5 Å².